The topological polar surface area (TPSA) is 237 Å². The van der Waals surface area contributed by atoms with Crippen molar-refractivity contribution in [2.75, 3.05) is 35.5 Å². The molecule has 0 fully saturated rings. The molecule has 0 aliphatic carbocycles. The zero-order valence-corrected chi connectivity index (χ0v) is 17.5. The molecule has 26 heavy (non-hydrogen) atoms. The standard InChI is InChI=1S/C5H16O7Si2.2CH4.2H4O4Si/c1-7-13(6,8-2)12-14(9-3,10-4)11-5;;;2*1-5(2,3)4/h6H,1-5H3;2*1H4;2*1-4H. The maximum atomic E-state index is 9.62. The van der Waals surface area contributed by atoms with Crippen LogP contribution < -0.4 is 0 Å². The molecule has 0 amide bonds. The van der Waals surface area contributed by atoms with E-state index in [2.05, 4.69) is 0 Å². The van der Waals surface area contributed by atoms with Crippen LogP contribution in [-0.2, 0) is 26.2 Å². The van der Waals surface area contributed by atoms with Gasteiger partial charge < -0.3 is 69.4 Å². The third kappa shape index (κ3) is 29.0. The van der Waals surface area contributed by atoms with Gasteiger partial charge in [0.05, 0.1) is 0 Å². The van der Waals surface area contributed by atoms with E-state index in [-0.39, 0.29) is 14.9 Å². The van der Waals surface area contributed by atoms with Crippen LogP contribution in [-0.4, -0.2) is 115 Å². The second-order valence-electron chi connectivity index (χ2n) is 3.35. The fourth-order valence-electron chi connectivity index (χ4n) is 0.700. The van der Waals surface area contributed by atoms with Crippen LogP contribution in [0.5, 0.6) is 0 Å². The fourth-order valence-corrected chi connectivity index (χ4v) is 4.30. The first kappa shape index (κ1) is 37.1. The van der Waals surface area contributed by atoms with E-state index in [4.69, 9.17) is 64.6 Å². The molecule has 19 heteroatoms. The molecule has 0 atom stereocenters. The summed E-state index contributed by atoms with van der Waals surface area (Å²) in [6.07, 6.45) is 0. The lowest BCUT2D eigenvalue weighted by atomic mass is 11.8. The van der Waals surface area contributed by atoms with Crippen LogP contribution in [0.4, 0.5) is 0 Å². The van der Waals surface area contributed by atoms with Crippen molar-refractivity contribution >= 4 is 36.2 Å². The van der Waals surface area contributed by atoms with E-state index in [1.165, 1.54) is 35.5 Å². The highest BCUT2D eigenvalue weighted by Crippen LogP contribution is 2.15. The van der Waals surface area contributed by atoms with Gasteiger partial charge >= 0.3 is 36.2 Å². The second kappa shape index (κ2) is 16.2. The monoisotopic (exact) mass is 468 g/mol. The smallest absolute Gasteiger partial charge is 0.368 e. The van der Waals surface area contributed by atoms with Gasteiger partial charge in [0, 0.05) is 35.5 Å². The van der Waals surface area contributed by atoms with Crippen LogP contribution in [0, 0.1) is 0 Å². The number of rotatable bonds is 7. The van der Waals surface area contributed by atoms with E-state index in [0.29, 0.717) is 0 Å². The van der Waals surface area contributed by atoms with E-state index < -0.39 is 36.2 Å². The Bertz CT molecular complexity index is 267. The quantitative estimate of drug-likeness (QED) is 0.159. The van der Waals surface area contributed by atoms with Crippen molar-refractivity contribution in [2.24, 2.45) is 0 Å². The summed E-state index contributed by atoms with van der Waals surface area (Å²) in [5, 5.41) is 0. The normalized spacial score (nSPS) is 11.8. The summed E-state index contributed by atoms with van der Waals surface area (Å²) >= 11 is 0. The molecule has 0 aromatic rings. The van der Waals surface area contributed by atoms with E-state index in [0.717, 1.165) is 0 Å². The van der Waals surface area contributed by atoms with Gasteiger partial charge in [0.1, 0.15) is 0 Å². The molecule has 166 valence electrons. The van der Waals surface area contributed by atoms with Crippen molar-refractivity contribution in [1.29, 1.82) is 0 Å². The molecule has 0 saturated heterocycles. The predicted molar refractivity (Wildman–Crippen MR) is 92.6 cm³/mol. The summed E-state index contributed by atoms with van der Waals surface area (Å²) in [7, 11) is -9.70. The average molecular weight is 469 g/mol. The van der Waals surface area contributed by atoms with Gasteiger partial charge in [-0.3, -0.25) is 0 Å². The highest BCUT2D eigenvalue weighted by molar-refractivity contribution is 6.67. The summed E-state index contributed by atoms with van der Waals surface area (Å²) in [5.74, 6) is 0. The van der Waals surface area contributed by atoms with Gasteiger partial charge in [0.2, 0.25) is 0 Å². The molecule has 0 radical (unpaired) electrons. The molecule has 0 heterocycles. The van der Waals surface area contributed by atoms with Gasteiger partial charge in [-0.05, 0) is 0 Å². The van der Waals surface area contributed by atoms with Crippen molar-refractivity contribution in [3.05, 3.63) is 0 Å². The summed E-state index contributed by atoms with van der Waals surface area (Å²) in [6, 6.07) is 0. The number of hydrogen-bond donors (Lipinski definition) is 9. The van der Waals surface area contributed by atoms with E-state index in [1.54, 1.807) is 0 Å². The molecule has 0 unspecified atom stereocenters. The van der Waals surface area contributed by atoms with Crippen molar-refractivity contribution < 1.29 is 69.4 Å². The Hall–Kier alpha value is 0.268. The minimum absolute atomic E-state index is 0. The predicted octanol–water partition coefficient (Wildman–Crippen LogP) is -4.85. The van der Waals surface area contributed by atoms with Gasteiger partial charge in [-0.2, -0.15) is 0 Å². The first-order valence-electron chi connectivity index (χ1n) is 5.48. The van der Waals surface area contributed by atoms with Crippen LogP contribution in [0.2, 0.25) is 0 Å². The molecule has 0 aliphatic heterocycles. The zero-order valence-electron chi connectivity index (χ0n) is 13.5. The molecule has 0 aromatic heterocycles. The lowest BCUT2D eigenvalue weighted by molar-refractivity contribution is -0.0165. The molecule has 0 aliphatic rings. The Morgan fingerprint density at radius 2 is 0.654 bits per heavy atom. The summed E-state index contributed by atoms with van der Waals surface area (Å²) in [5.41, 5.74) is 0. The molecule has 0 aromatic carbocycles. The highest BCUT2D eigenvalue weighted by atomic mass is 28.5. The zero-order chi connectivity index (χ0) is 20.2. The maximum Gasteiger partial charge on any atom is 0.673 e. The Kier molecular flexibility index (Phi) is 23.2. The lowest BCUT2D eigenvalue weighted by Crippen LogP contribution is -2.58. The van der Waals surface area contributed by atoms with Crippen LogP contribution in [0.15, 0.2) is 0 Å². The molecule has 9 N–H and O–H groups in total. The minimum atomic E-state index is -4.61. The molecular formula is C7H32O15Si4. The molecule has 15 nitrogen and oxygen atoms in total. The van der Waals surface area contributed by atoms with E-state index in [9.17, 15) is 4.80 Å². The fraction of sp³-hybridized carbons (Fsp3) is 1.00. The van der Waals surface area contributed by atoms with Gasteiger partial charge in [-0.1, -0.05) is 14.9 Å². The molecule has 0 saturated carbocycles. The van der Waals surface area contributed by atoms with Crippen LogP contribution in [0.3, 0.4) is 0 Å². The van der Waals surface area contributed by atoms with Gasteiger partial charge in [0.15, 0.2) is 0 Å². The minimum Gasteiger partial charge on any atom is -0.368 e. The van der Waals surface area contributed by atoms with E-state index in [1.807, 2.05) is 0 Å². The van der Waals surface area contributed by atoms with E-state index >= 15 is 0 Å². The highest BCUT2D eigenvalue weighted by Gasteiger charge is 2.55. The van der Waals surface area contributed by atoms with Gasteiger partial charge in [-0.15, -0.1) is 0 Å². The molecule has 0 rings (SSSR count). The molecular weight excluding hydrogens is 436 g/mol. The summed E-state index contributed by atoms with van der Waals surface area (Å²) in [4.78, 5) is 68.2. The van der Waals surface area contributed by atoms with Gasteiger partial charge in [-0.25, -0.2) is 0 Å². The van der Waals surface area contributed by atoms with Crippen LogP contribution >= 0.6 is 0 Å². The van der Waals surface area contributed by atoms with Gasteiger partial charge in [0.25, 0.3) is 0 Å². The summed E-state index contributed by atoms with van der Waals surface area (Å²) in [6.45, 7) is 0. The lowest BCUT2D eigenvalue weighted by Gasteiger charge is -2.28. The maximum absolute atomic E-state index is 9.62. The Morgan fingerprint density at radius 1 is 0.462 bits per heavy atom. The van der Waals surface area contributed by atoms with Crippen molar-refractivity contribution in [3.8, 4) is 0 Å². The second-order valence-corrected chi connectivity index (χ2v) is 10.7. The van der Waals surface area contributed by atoms with Crippen molar-refractivity contribution in [1.82, 2.24) is 0 Å². The largest absolute Gasteiger partial charge is 0.673 e. The SMILES string of the molecule is C.C.CO[Si](O)(OC)O[Si](OC)(OC)OC.O[Si](O)(O)O.O[Si](O)(O)O. The first-order chi connectivity index (χ1) is 10.5. The molecule has 0 bridgehead atoms. The Labute approximate surface area is 156 Å². The average Bonchev–Trinajstić information content (AvgIpc) is 2.41. The Balaban J connectivity index is -0.000000102. The summed E-state index contributed by atoms with van der Waals surface area (Å²) < 4.78 is 29.2. The van der Waals surface area contributed by atoms with Crippen LogP contribution in [0.1, 0.15) is 14.9 Å². The van der Waals surface area contributed by atoms with Crippen molar-refractivity contribution in [3.63, 3.8) is 0 Å². The third-order valence-electron chi connectivity index (χ3n) is 1.52. The molecule has 0 spiro atoms. The Morgan fingerprint density at radius 3 is 0.769 bits per heavy atom. The van der Waals surface area contributed by atoms with Crippen molar-refractivity contribution in [2.45, 2.75) is 14.9 Å². The van der Waals surface area contributed by atoms with Crippen LogP contribution in [0.25, 0.3) is 0 Å². The number of hydrogen-bond acceptors (Lipinski definition) is 15. The first-order valence-corrected chi connectivity index (χ1v) is 12.4. The third-order valence-corrected chi connectivity index (χ3v) is 6.08.